The number of hydrogen-bond acceptors (Lipinski definition) is 3. The van der Waals surface area contributed by atoms with Crippen molar-refractivity contribution in [1.82, 2.24) is 5.43 Å². The molecule has 1 unspecified atom stereocenters. The van der Waals surface area contributed by atoms with E-state index in [0.717, 1.165) is 11.3 Å². The number of benzene rings is 1. The van der Waals surface area contributed by atoms with Crippen LogP contribution < -0.4 is 11.3 Å². The number of furan rings is 1. The molecule has 0 aliphatic heterocycles. The quantitative estimate of drug-likeness (QED) is 0.612. The molecule has 1 heterocycles. The SMILES string of the molecule is Cc1cc(C(NN)c2ccccc2C)co1. The van der Waals surface area contributed by atoms with Gasteiger partial charge >= 0.3 is 0 Å². The highest BCUT2D eigenvalue weighted by Crippen LogP contribution is 2.25. The van der Waals surface area contributed by atoms with Crippen LogP contribution >= 0.6 is 0 Å². The van der Waals surface area contributed by atoms with E-state index in [4.69, 9.17) is 10.3 Å². The van der Waals surface area contributed by atoms with Crippen molar-refractivity contribution in [1.29, 1.82) is 0 Å². The predicted octanol–water partition coefficient (Wildman–Crippen LogP) is 2.45. The number of hydrazine groups is 1. The molecule has 2 aromatic rings. The maximum atomic E-state index is 5.62. The average Bonchev–Trinajstić information content (AvgIpc) is 2.69. The molecule has 0 saturated carbocycles. The minimum Gasteiger partial charge on any atom is -0.469 e. The van der Waals surface area contributed by atoms with Crippen LogP contribution in [0.2, 0.25) is 0 Å². The van der Waals surface area contributed by atoms with Gasteiger partial charge in [-0.3, -0.25) is 5.84 Å². The van der Waals surface area contributed by atoms with E-state index in [2.05, 4.69) is 24.5 Å². The van der Waals surface area contributed by atoms with E-state index in [0.29, 0.717) is 0 Å². The van der Waals surface area contributed by atoms with Gasteiger partial charge in [0, 0.05) is 5.56 Å². The summed E-state index contributed by atoms with van der Waals surface area (Å²) in [5, 5.41) is 0. The summed E-state index contributed by atoms with van der Waals surface area (Å²) in [5.74, 6) is 6.52. The lowest BCUT2D eigenvalue weighted by molar-refractivity contribution is 0.525. The summed E-state index contributed by atoms with van der Waals surface area (Å²) in [4.78, 5) is 0. The molecule has 16 heavy (non-hydrogen) atoms. The molecule has 1 aromatic carbocycles. The van der Waals surface area contributed by atoms with Crippen molar-refractivity contribution in [3.8, 4) is 0 Å². The molecule has 84 valence electrons. The largest absolute Gasteiger partial charge is 0.469 e. The first-order valence-corrected chi connectivity index (χ1v) is 5.29. The zero-order valence-electron chi connectivity index (χ0n) is 9.53. The lowest BCUT2D eigenvalue weighted by atomic mass is 9.97. The predicted molar refractivity (Wildman–Crippen MR) is 63.8 cm³/mol. The van der Waals surface area contributed by atoms with Gasteiger partial charge in [0.2, 0.25) is 0 Å². The van der Waals surface area contributed by atoms with Crippen LogP contribution in [0.3, 0.4) is 0 Å². The van der Waals surface area contributed by atoms with Crippen molar-refractivity contribution in [3.05, 3.63) is 59.0 Å². The van der Waals surface area contributed by atoms with Gasteiger partial charge in [0.15, 0.2) is 0 Å². The second-order valence-electron chi connectivity index (χ2n) is 3.95. The van der Waals surface area contributed by atoms with E-state index in [1.165, 1.54) is 11.1 Å². The number of rotatable bonds is 3. The fourth-order valence-corrected chi connectivity index (χ4v) is 1.89. The fourth-order valence-electron chi connectivity index (χ4n) is 1.89. The van der Waals surface area contributed by atoms with Gasteiger partial charge in [0.25, 0.3) is 0 Å². The Kier molecular flexibility index (Phi) is 3.08. The topological polar surface area (TPSA) is 51.2 Å². The smallest absolute Gasteiger partial charge is 0.101 e. The molecule has 1 atom stereocenters. The van der Waals surface area contributed by atoms with E-state index in [1.54, 1.807) is 6.26 Å². The molecule has 1 aromatic heterocycles. The molecule has 0 aliphatic carbocycles. The zero-order chi connectivity index (χ0) is 11.5. The van der Waals surface area contributed by atoms with Crippen LogP contribution in [0.4, 0.5) is 0 Å². The average molecular weight is 216 g/mol. The van der Waals surface area contributed by atoms with E-state index < -0.39 is 0 Å². The molecule has 0 fully saturated rings. The summed E-state index contributed by atoms with van der Waals surface area (Å²) in [7, 11) is 0. The van der Waals surface area contributed by atoms with E-state index in [1.807, 2.05) is 25.1 Å². The lowest BCUT2D eigenvalue weighted by Gasteiger charge is -2.16. The standard InChI is InChI=1S/C13H16N2O/c1-9-5-3-4-6-12(9)13(15-14)11-7-10(2)16-8-11/h3-8,13,15H,14H2,1-2H3. The third kappa shape index (κ3) is 2.01. The van der Waals surface area contributed by atoms with Crippen molar-refractivity contribution in [2.75, 3.05) is 0 Å². The molecule has 0 aliphatic rings. The molecule has 0 bridgehead atoms. The van der Waals surface area contributed by atoms with Crippen molar-refractivity contribution < 1.29 is 4.42 Å². The molecular weight excluding hydrogens is 200 g/mol. The Labute approximate surface area is 95.2 Å². The van der Waals surface area contributed by atoms with E-state index in [-0.39, 0.29) is 6.04 Å². The number of aryl methyl sites for hydroxylation is 2. The van der Waals surface area contributed by atoms with Gasteiger partial charge in [0.05, 0.1) is 12.3 Å². The van der Waals surface area contributed by atoms with Crippen LogP contribution in [-0.4, -0.2) is 0 Å². The maximum absolute atomic E-state index is 5.62. The first-order chi connectivity index (χ1) is 7.72. The Balaban J connectivity index is 2.40. The molecule has 3 N–H and O–H groups in total. The summed E-state index contributed by atoms with van der Waals surface area (Å²) in [5.41, 5.74) is 6.26. The van der Waals surface area contributed by atoms with Gasteiger partial charge in [0.1, 0.15) is 5.76 Å². The van der Waals surface area contributed by atoms with Crippen molar-refractivity contribution >= 4 is 0 Å². The van der Waals surface area contributed by atoms with Gasteiger partial charge in [-0.25, -0.2) is 5.43 Å². The first-order valence-electron chi connectivity index (χ1n) is 5.29. The second kappa shape index (κ2) is 4.51. The molecule has 0 radical (unpaired) electrons. The molecule has 2 rings (SSSR count). The Bertz CT molecular complexity index is 476. The summed E-state index contributed by atoms with van der Waals surface area (Å²) in [6, 6.07) is 10.2. The van der Waals surface area contributed by atoms with Crippen molar-refractivity contribution in [2.24, 2.45) is 5.84 Å². The van der Waals surface area contributed by atoms with Crippen LogP contribution in [0.5, 0.6) is 0 Å². The maximum Gasteiger partial charge on any atom is 0.101 e. The summed E-state index contributed by atoms with van der Waals surface area (Å²) in [6.07, 6.45) is 1.74. The molecule has 0 saturated heterocycles. The Morgan fingerprint density at radius 3 is 2.56 bits per heavy atom. The monoisotopic (exact) mass is 216 g/mol. The Hall–Kier alpha value is -1.58. The van der Waals surface area contributed by atoms with Crippen molar-refractivity contribution in [2.45, 2.75) is 19.9 Å². The molecule has 0 spiro atoms. The Morgan fingerprint density at radius 1 is 1.25 bits per heavy atom. The summed E-state index contributed by atoms with van der Waals surface area (Å²) >= 11 is 0. The number of hydrogen-bond donors (Lipinski definition) is 2. The third-order valence-electron chi connectivity index (χ3n) is 2.75. The summed E-state index contributed by atoms with van der Waals surface area (Å²) < 4.78 is 5.31. The first kappa shape index (κ1) is 10.9. The minimum absolute atomic E-state index is 0.0151. The normalized spacial score (nSPS) is 12.7. The second-order valence-corrected chi connectivity index (χ2v) is 3.95. The van der Waals surface area contributed by atoms with Crippen LogP contribution in [0, 0.1) is 13.8 Å². The number of nitrogens with one attached hydrogen (secondary N) is 1. The minimum atomic E-state index is -0.0151. The summed E-state index contributed by atoms with van der Waals surface area (Å²) in [6.45, 7) is 4.00. The van der Waals surface area contributed by atoms with Gasteiger partial charge in [-0.2, -0.15) is 0 Å². The highest BCUT2D eigenvalue weighted by Gasteiger charge is 2.15. The van der Waals surface area contributed by atoms with Crippen LogP contribution in [-0.2, 0) is 0 Å². The van der Waals surface area contributed by atoms with Gasteiger partial charge in [-0.1, -0.05) is 24.3 Å². The van der Waals surface area contributed by atoms with Gasteiger partial charge in [-0.15, -0.1) is 0 Å². The number of nitrogens with two attached hydrogens (primary N) is 1. The van der Waals surface area contributed by atoms with E-state index in [9.17, 15) is 0 Å². The van der Waals surface area contributed by atoms with Crippen LogP contribution in [0.25, 0.3) is 0 Å². The zero-order valence-corrected chi connectivity index (χ0v) is 9.53. The Morgan fingerprint density at radius 2 is 2.00 bits per heavy atom. The van der Waals surface area contributed by atoms with Crippen LogP contribution in [0.1, 0.15) is 28.5 Å². The highest BCUT2D eigenvalue weighted by atomic mass is 16.3. The molecule has 0 amide bonds. The molecule has 3 nitrogen and oxygen atoms in total. The lowest BCUT2D eigenvalue weighted by Crippen LogP contribution is -2.29. The van der Waals surface area contributed by atoms with Gasteiger partial charge in [-0.05, 0) is 31.0 Å². The van der Waals surface area contributed by atoms with E-state index >= 15 is 0 Å². The van der Waals surface area contributed by atoms with Gasteiger partial charge < -0.3 is 4.42 Å². The fraction of sp³-hybridized carbons (Fsp3) is 0.231. The molecule has 3 heteroatoms. The van der Waals surface area contributed by atoms with Crippen LogP contribution in [0.15, 0.2) is 41.0 Å². The molecular formula is C13H16N2O. The van der Waals surface area contributed by atoms with Crippen molar-refractivity contribution in [3.63, 3.8) is 0 Å². The third-order valence-corrected chi connectivity index (χ3v) is 2.75. The highest BCUT2D eigenvalue weighted by molar-refractivity contribution is 5.35.